The molecule has 3 rings (SSSR count). The average Bonchev–Trinajstić information content (AvgIpc) is 2.96. The Morgan fingerprint density at radius 1 is 0.778 bits per heavy atom. The van der Waals surface area contributed by atoms with E-state index in [-0.39, 0.29) is 5.16 Å². The molecule has 0 aliphatic carbocycles. The maximum absolute atomic E-state index is 5.96. The topological polar surface area (TPSA) is 40.5 Å². The molecule has 0 aromatic heterocycles. The van der Waals surface area contributed by atoms with Gasteiger partial charge in [0.05, 0.1) is 26.4 Å². The summed E-state index contributed by atoms with van der Waals surface area (Å²) in [5, 5.41) is 0.857. The van der Waals surface area contributed by atoms with Crippen molar-refractivity contribution in [1.82, 2.24) is 14.2 Å². The molecule has 0 spiro atoms. The molecule has 156 valence electrons. The number of thiocarbonyl (C=S) groups is 1. The zero-order valence-corrected chi connectivity index (χ0v) is 19.1. The Labute approximate surface area is 170 Å². The van der Waals surface area contributed by atoms with Gasteiger partial charge in [-0.1, -0.05) is 33.6 Å². The van der Waals surface area contributed by atoms with Crippen molar-refractivity contribution in [2.24, 2.45) is 4.74 Å². The van der Waals surface area contributed by atoms with E-state index < -0.39 is 7.36 Å². The van der Waals surface area contributed by atoms with Crippen molar-refractivity contribution in [2.45, 2.75) is 51.6 Å². The van der Waals surface area contributed by atoms with Crippen LogP contribution in [0, 0.1) is 0 Å². The molecule has 8 heteroatoms. The summed E-state index contributed by atoms with van der Waals surface area (Å²) in [6, 6.07) is 0. The third kappa shape index (κ3) is 4.93. The minimum atomic E-state index is -2.02. The van der Waals surface area contributed by atoms with Gasteiger partial charge in [-0.2, -0.15) is 0 Å². The predicted molar refractivity (Wildman–Crippen MR) is 117 cm³/mol. The molecule has 3 fully saturated rings. The summed E-state index contributed by atoms with van der Waals surface area (Å²) in [6.07, 6.45) is 5.08. The summed E-state index contributed by atoms with van der Waals surface area (Å²) in [5.74, 6) is 0. The van der Waals surface area contributed by atoms with E-state index in [2.05, 4.69) is 35.0 Å². The fourth-order valence-electron chi connectivity index (χ4n) is 4.41. The molecule has 3 aliphatic heterocycles. The number of likely N-dealkylation sites (tertiary alicyclic amines) is 1. The molecule has 0 unspecified atom stereocenters. The van der Waals surface area contributed by atoms with Crippen molar-refractivity contribution in [3.8, 4) is 0 Å². The van der Waals surface area contributed by atoms with E-state index in [1.807, 2.05) is 0 Å². The van der Waals surface area contributed by atoms with Crippen molar-refractivity contribution < 1.29 is 9.47 Å². The van der Waals surface area contributed by atoms with E-state index in [1.54, 1.807) is 0 Å². The fraction of sp³-hybridized carbons (Fsp3) is 0.947. The van der Waals surface area contributed by atoms with Crippen LogP contribution < -0.4 is 0 Å². The van der Waals surface area contributed by atoms with Crippen LogP contribution in [-0.2, 0) is 9.47 Å². The minimum absolute atomic E-state index is 0.0254. The SMILES string of the molecule is CC(C)(C)P(=NC(=S)N1CCCCCC1)(N1CCOCC1)N1CCOCC1. The molecule has 3 heterocycles. The largest absolute Gasteiger partial charge is 0.379 e. The normalized spacial score (nSPS) is 24.5. The van der Waals surface area contributed by atoms with Crippen molar-refractivity contribution in [2.75, 3.05) is 65.7 Å². The van der Waals surface area contributed by atoms with Gasteiger partial charge in [0.1, 0.15) is 7.36 Å². The van der Waals surface area contributed by atoms with Crippen molar-refractivity contribution in [3.05, 3.63) is 0 Å². The average molecular weight is 417 g/mol. The van der Waals surface area contributed by atoms with Gasteiger partial charge in [0.2, 0.25) is 0 Å². The number of morpholine rings is 2. The molecular weight excluding hydrogens is 379 g/mol. The van der Waals surface area contributed by atoms with Crippen LogP contribution in [0.3, 0.4) is 0 Å². The number of rotatable bonds is 2. The molecule has 0 amide bonds. The lowest BCUT2D eigenvalue weighted by Gasteiger charge is -2.53. The molecular formula is C19H37N4O2PS. The number of ether oxygens (including phenoxy) is 2. The Morgan fingerprint density at radius 2 is 1.22 bits per heavy atom. The number of nitrogens with zero attached hydrogens (tertiary/aromatic N) is 4. The highest BCUT2D eigenvalue weighted by Crippen LogP contribution is 2.66. The highest BCUT2D eigenvalue weighted by Gasteiger charge is 2.45. The minimum Gasteiger partial charge on any atom is -0.379 e. The first-order valence-corrected chi connectivity index (χ1v) is 12.6. The smallest absolute Gasteiger partial charge is 0.196 e. The monoisotopic (exact) mass is 416 g/mol. The highest BCUT2D eigenvalue weighted by molar-refractivity contribution is 7.81. The molecule has 0 saturated carbocycles. The van der Waals surface area contributed by atoms with E-state index >= 15 is 0 Å². The zero-order chi connectivity index (χ0) is 19.3. The van der Waals surface area contributed by atoms with Crippen LogP contribution in [-0.4, -0.2) is 90.2 Å². The molecule has 6 nitrogen and oxygen atoms in total. The van der Waals surface area contributed by atoms with Gasteiger partial charge in [0.25, 0.3) is 0 Å². The lowest BCUT2D eigenvalue weighted by Crippen LogP contribution is -2.48. The Balaban J connectivity index is 2.01. The van der Waals surface area contributed by atoms with Gasteiger partial charge in [-0.15, -0.1) is 0 Å². The molecule has 0 bridgehead atoms. The molecule has 0 radical (unpaired) electrons. The quantitative estimate of drug-likeness (QED) is 0.506. The first-order chi connectivity index (χ1) is 12.9. The molecule has 0 atom stereocenters. The van der Waals surface area contributed by atoms with E-state index in [0.717, 1.165) is 70.8 Å². The first kappa shape index (κ1) is 21.7. The second-order valence-electron chi connectivity index (χ2n) is 8.66. The number of hydrogen-bond acceptors (Lipinski definition) is 3. The molecule has 3 saturated heterocycles. The van der Waals surface area contributed by atoms with Crippen LogP contribution in [0.1, 0.15) is 46.5 Å². The fourth-order valence-corrected chi connectivity index (χ4v) is 9.35. The molecule has 0 aromatic carbocycles. The Morgan fingerprint density at radius 3 is 1.63 bits per heavy atom. The van der Waals surface area contributed by atoms with Crippen LogP contribution in [0.5, 0.6) is 0 Å². The van der Waals surface area contributed by atoms with Gasteiger partial charge < -0.3 is 14.4 Å². The molecule has 27 heavy (non-hydrogen) atoms. The van der Waals surface area contributed by atoms with Gasteiger partial charge in [-0.25, -0.2) is 4.74 Å². The van der Waals surface area contributed by atoms with Gasteiger partial charge in [0.15, 0.2) is 5.11 Å². The summed E-state index contributed by atoms with van der Waals surface area (Å²) < 4.78 is 22.1. The van der Waals surface area contributed by atoms with Crippen LogP contribution in [0.2, 0.25) is 0 Å². The second kappa shape index (κ2) is 9.64. The second-order valence-corrected chi connectivity index (χ2v) is 12.8. The summed E-state index contributed by atoms with van der Waals surface area (Å²) in [4.78, 5) is 2.36. The van der Waals surface area contributed by atoms with Crippen molar-refractivity contribution in [3.63, 3.8) is 0 Å². The van der Waals surface area contributed by atoms with Gasteiger partial charge in [-0.3, -0.25) is 9.34 Å². The lowest BCUT2D eigenvalue weighted by atomic mass is 10.2. The Kier molecular flexibility index (Phi) is 7.73. The summed E-state index contributed by atoms with van der Waals surface area (Å²) in [5.41, 5.74) is 0. The lowest BCUT2D eigenvalue weighted by molar-refractivity contribution is 0.0550. The van der Waals surface area contributed by atoms with Crippen molar-refractivity contribution in [1.29, 1.82) is 0 Å². The first-order valence-electron chi connectivity index (χ1n) is 10.5. The van der Waals surface area contributed by atoms with Crippen LogP contribution >= 0.6 is 19.6 Å². The van der Waals surface area contributed by atoms with E-state index in [0.29, 0.717) is 0 Å². The maximum Gasteiger partial charge on any atom is 0.196 e. The van der Waals surface area contributed by atoms with Crippen molar-refractivity contribution >= 4 is 24.7 Å². The maximum atomic E-state index is 5.96. The van der Waals surface area contributed by atoms with E-state index in [1.165, 1.54) is 25.7 Å². The van der Waals surface area contributed by atoms with Crippen LogP contribution in [0.25, 0.3) is 0 Å². The van der Waals surface area contributed by atoms with Gasteiger partial charge in [-0.05, 0) is 25.1 Å². The third-order valence-electron chi connectivity index (χ3n) is 5.77. The Hall–Kier alpha value is -0.0400. The van der Waals surface area contributed by atoms with E-state index in [4.69, 9.17) is 26.4 Å². The summed E-state index contributed by atoms with van der Waals surface area (Å²) in [7, 11) is -2.02. The third-order valence-corrected chi connectivity index (χ3v) is 10.9. The molecule has 3 aliphatic rings. The summed E-state index contributed by atoms with van der Waals surface area (Å²) >= 11 is 5.96. The van der Waals surface area contributed by atoms with Crippen LogP contribution in [0.15, 0.2) is 4.74 Å². The zero-order valence-electron chi connectivity index (χ0n) is 17.4. The molecule has 0 aromatic rings. The standard InChI is InChI=1S/C19H37N4O2PS/c1-19(2,3)26(22-10-14-24-15-11-22,23-12-16-25-17-13-23)20-18(27)21-8-6-4-5-7-9-21/h4-17H2,1-3H3. The van der Waals surface area contributed by atoms with E-state index in [9.17, 15) is 0 Å². The molecule has 0 N–H and O–H groups in total. The van der Waals surface area contributed by atoms with Crippen LogP contribution in [0.4, 0.5) is 0 Å². The Bertz CT molecular complexity index is 524. The predicted octanol–water partition coefficient (Wildman–Crippen LogP) is 3.64. The highest BCUT2D eigenvalue weighted by atomic mass is 32.1. The number of hydrogen-bond donors (Lipinski definition) is 0. The van der Waals surface area contributed by atoms with Gasteiger partial charge in [0, 0.05) is 44.4 Å². The summed E-state index contributed by atoms with van der Waals surface area (Å²) in [6.45, 7) is 16.1. The van der Waals surface area contributed by atoms with Gasteiger partial charge >= 0.3 is 0 Å².